The Kier molecular flexibility index (Phi) is 6.34. The Labute approximate surface area is 157 Å². The van der Waals surface area contributed by atoms with Crippen molar-refractivity contribution in [3.8, 4) is 0 Å². The van der Waals surface area contributed by atoms with E-state index in [9.17, 15) is 13.2 Å². The molecular weight excluding hydrogens is 363 g/mol. The van der Waals surface area contributed by atoms with E-state index in [1.807, 2.05) is 4.90 Å². The summed E-state index contributed by atoms with van der Waals surface area (Å²) >= 11 is 5.50. The molecule has 26 heavy (non-hydrogen) atoms. The van der Waals surface area contributed by atoms with Crippen LogP contribution < -0.4 is 4.90 Å². The van der Waals surface area contributed by atoms with E-state index in [2.05, 4.69) is 9.88 Å². The highest BCUT2D eigenvalue weighted by atomic mass is 32.1. The number of halogens is 3. The summed E-state index contributed by atoms with van der Waals surface area (Å²) in [4.78, 5) is 8.52. The minimum absolute atomic E-state index is 0.334. The largest absolute Gasteiger partial charge is 0.433 e. The zero-order valence-corrected chi connectivity index (χ0v) is 15.5. The molecule has 144 valence electrons. The second-order valence-corrected chi connectivity index (χ2v) is 7.31. The van der Waals surface area contributed by atoms with Crippen LogP contribution in [0.2, 0.25) is 0 Å². The summed E-state index contributed by atoms with van der Waals surface area (Å²) in [6, 6.07) is 2.51. The summed E-state index contributed by atoms with van der Waals surface area (Å²) in [7, 11) is 0. The number of hydrogen-bond donors (Lipinski definition) is 0. The summed E-state index contributed by atoms with van der Waals surface area (Å²) in [6.07, 6.45) is 3.24. The molecule has 0 radical (unpaired) electrons. The number of ether oxygens (including phenoxy) is 1. The average molecular weight is 387 g/mol. The Balaban J connectivity index is 1.45. The number of anilines is 1. The van der Waals surface area contributed by atoms with Gasteiger partial charge in [-0.25, -0.2) is 4.98 Å². The van der Waals surface area contributed by atoms with Crippen LogP contribution in [0.3, 0.4) is 0 Å². The number of alkyl halides is 3. The SMILES string of the molecule is FC(F)(F)c1ccc(N2CCN(C(=S)COC3CCCCC3)CC2)cn1. The highest BCUT2D eigenvalue weighted by molar-refractivity contribution is 7.80. The van der Waals surface area contributed by atoms with Crippen LogP contribution in [0.5, 0.6) is 0 Å². The van der Waals surface area contributed by atoms with Crippen molar-refractivity contribution in [3.05, 3.63) is 24.0 Å². The van der Waals surface area contributed by atoms with E-state index in [1.54, 1.807) is 0 Å². The molecular formula is C18H24F3N3OS. The number of nitrogens with zero attached hydrogens (tertiary/aromatic N) is 3. The second-order valence-electron chi connectivity index (χ2n) is 6.84. The molecule has 4 nitrogen and oxygen atoms in total. The van der Waals surface area contributed by atoms with E-state index in [-0.39, 0.29) is 0 Å². The Morgan fingerprint density at radius 1 is 1.12 bits per heavy atom. The fraction of sp³-hybridized carbons (Fsp3) is 0.667. The van der Waals surface area contributed by atoms with E-state index in [1.165, 1.54) is 31.5 Å². The van der Waals surface area contributed by atoms with Crippen LogP contribution in [0, 0.1) is 0 Å². The van der Waals surface area contributed by atoms with Crippen molar-refractivity contribution in [1.29, 1.82) is 0 Å². The van der Waals surface area contributed by atoms with Gasteiger partial charge in [-0.1, -0.05) is 31.5 Å². The molecule has 2 heterocycles. The van der Waals surface area contributed by atoms with Crippen molar-refractivity contribution in [2.75, 3.05) is 37.7 Å². The molecule has 0 aromatic carbocycles. The van der Waals surface area contributed by atoms with Gasteiger partial charge in [0.2, 0.25) is 0 Å². The summed E-state index contributed by atoms with van der Waals surface area (Å²) in [5.74, 6) is 0. The van der Waals surface area contributed by atoms with Gasteiger partial charge in [0.1, 0.15) is 10.7 Å². The first-order valence-electron chi connectivity index (χ1n) is 9.11. The third-order valence-electron chi connectivity index (χ3n) is 5.03. The van der Waals surface area contributed by atoms with Crippen molar-refractivity contribution >= 4 is 22.9 Å². The number of hydrogen-bond acceptors (Lipinski definition) is 4. The monoisotopic (exact) mass is 387 g/mol. The lowest BCUT2D eigenvalue weighted by Crippen LogP contribution is -2.49. The van der Waals surface area contributed by atoms with Crippen LogP contribution in [0.1, 0.15) is 37.8 Å². The van der Waals surface area contributed by atoms with E-state index in [0.29, 0.717) is 31.5 Å². The zero-order valence-electron chi connectivity index (χ0n) is 14.7. The predicted octanol–water partition coefficient (Wildman–Crippen LogP) is 3.90. The molecule has 1 saturated heterocycles. The molecule has 1 aliphatic carbocycles. The summed E-state index contributed by atoms with van der Waals surface area (Å²) in [5, 5.41) is 0. The fourth-order valence-corrected chi connectivity index (χ4v) is 3.72. The molecule has 2 aliphatic rings. The normalized spacial score (nSPS) is 19.7. The molecule has 1 saturated carbocycles. The van der Waals surface area contributed by atoms with Gasteiger partial charge in [0.15, 0.2) is 0 Å². The number of rotatable bonds is 4. The van der Waals surface area contributed by atoms with Crippen molar-refractivity contribution in [2.24, 2.45) is 0 Å². The molecule has 0 amide bonds. The first-order chi connectivity index (χ1) is 12.4. The van der Waals surface area contributed by atoms with Crippen molar-refractivity contribution in [1.82, 2.24) is 9.88 Å². The van der Waals surface area contributed by atoms with Crippen LogP contribution in [0.15, 0.2) is 18.3 Å². The molecule has 8 heteroatoms. The van der Waals surface area contributed by atoms with Crippen LogP contribution in [-0.2, 0) is 10.9 Å². The van der Waals surface area contributed by atoms with E-state index >= 15 is 0 Å². The van der Waals surface area contributed by atoms with Crippen molar-refractivity contribution < 1.29 is 17.9 Å². The van der Waals surface area contributed by atoms with Gasteiger partial charge < -0.3 is 14.5 Å². The quantitative estimate of drug-likeness (QED) is 0.731. The minimum Gasteiger partial charge on any atom is -0.371 e. The standard InChI is InChI=1S/C18H24F3N3OS/c19-18(20,21)16-7-6-14(12-22-16)23-8-10-24(11-9-23)17(26)13-25-15-4-2-1-3-5-15/h6-7,12,15H,1-5,8-11,13H2. The van der Waals surface area contributed by atoms with Gasteiger partial charge in [-0.15, -0.1) is 0 Å². The van der Waals surface area contributed by atoms with Crippen molar-refractivity contribution in [2.45, 2.75) is 44.4 Å². The summed E-state index contributed by atoms with van der Waals surface area (Å²) in [6.45, 7) is 3.39. The molecule has 0 bridgehead atoms. The van der Waals surface area contributed by atoms with Crippen LogP contribution in [-0.4, -0.2) is 53.8 Å². The third kappa shape index (κ3) is 5.07. The molecule has 1 aromatic rings. The maximum atomic E-state index is 12.6. The zero-order chi connectivity index (χ0) is 18.6. The van der Waals surface area contributed by atoms with Gasteiger partial charge in [-0.2, -0.15) is 13.2 Å². The lowest BCUT2D eigenvalue weighted by atomic mass is 9.98. The Morgan fingerprint density at radius 3 is 2.38 bits per heavy atom. The first kappa shape index (κ1) is 19.4. The third-order valence-corrected chi connectivity index (χ3v) is 5.41. The molecule has 0 N–H and O–H groups in total. The topological polar surface area (TPSA) is 28.6 Å². The Hall–Kier alpha value is -1.41. The Bertz CT molecular complexity index is 595. The molecule has 0 atom stereocenters. The highest BCUT2D eigenvalue weighted by Crippen LogP contribution is 2.28. The molecule has 0 spiro atoms. The Morgan fingerprint density at radius 2 is 1.81 bits per heavy atom. The van der Waals surface area contributed by atoms with E-state index < -0.39 is 11.9 Å². The average Bonchev–Trinajstić information content (AvgIpc) is 2.66. The van der Waals surface area contributed by atoms with Crippen LogP contribution in [0.4, 0.5) is 18.9 Å². The van der Waals surface area contributed by atoms with Gasteiger partial charge in [0.05, 0.1) is 24.6 Å². The van der Waals surface area contributed by atoms with Crippen molar-refractivity contribution in [3.63, 3.8) is 0 Å². The van der Waals surface area contributed by atoms with Gasteiger partial charge >= 0.3 is 6.18 Å². The number of pyridine rings is 1. The second kappa shape index (κ2) is 8.52. The molecule has 1 aromatic heterocycles. The first-order valence-corrected chi connectivity index (χ1v) is 9.52. The summed E-state index contributed by atoms with van der Waals surface area (Å²) < 4.78 is 43.7. The molecule has 0 unspecified atom stereocenters. The molecule has 1 aliphatic heterocycles. The predicted molar refractivity (Wildman–Crippen MR) is 98.4 cm³/mol. The van der Waals surface area contributed by atoms with E-state index in [4.69, 9.17) is 17.0 Å². The lowest BCUT2D eigenvalue weighted by Gasteiger charge is -2.37. The number of piperazine rings is 1. The van der Waals surface area contributed by atoms with E-state index in [0.717, 1.165) is 37.0 Å². The van der Waals surface area contributed by atoms with Gasteiger partial charge in [0, 0.05) is 26.2 Å². The number of aromatic nitrogens is 1. The fourth-order valence-electron chi connectivity index (χ4n) is 3.47. The highest BCUT2D eigenvalue weighted by Gasteiger charge is 2.32. The minimum atomic E-state index is -4.40. The van der Waals surface area contributed by atoms with Gasteiger partial charge in [0.25, 0.3) is 0 Å². The maximum Gasteiger partial charge on any atom is 0.433 e. The molecule has 2 fully saturated rings. The number of thiocarbonyl (C=S) groups is 1. The molecule has 3 rings (SSSR count). The van der Waals surface area contributed by atoms with Gasteiger partial charge in [-0.3, -0.25) is 0 Å². The van der Waals surface area contributed by atoms with Crippen LogP contribution >= 0.6 is 12.2 Å². The van der Waals surface area contributed by atoms with Gasteiger partial charge in [-0.05, 0) is 25.0 Å². The smallest absolute Gasteiger partial charge is 0.371 e. The van der Waals surface area contributed by atoms with Crippen LogP contribution in [0.25, 0.3) is 0 Å². The lowest BCUT2D eigenvalue weighted by molar-refractivity contribution is -0.141. The maximum absolute atomic E-state index is 12.6. The summed E-state index contributed by atoms with van der Waals surface area (Å²) in [5.41, 5.74) is -0.150.